The Morgan fingerprint density at radius 1 is 0.794 bits per heavy atom. The third-order valence-electron chi connectivity index (χ3n) is 6.17. The summed E-state index contributed by atoms with van der Waals surface area (Å²) >= 11 is 0. The molecule has 4 rings (SSSR count). The molecular formula is C27H35N3O4. The molecular weight excluding hydrogens is 430 g/mol. The van der Waals surface area contributed by atoms with Crippen molar-refractivity contribution >= 4 is 16.6 Å². The van der Waals surface area contributed by atoms with E-state index in [0.717, 1.165) is 49.8 Å². The van der Waals surface area contributed by atoms with Crippen molar-refractivity contribution in [2.24, 2.45) is 0 Å². The SMILES string of the molecule is CCN1CCN(c2nc(-c3ccc(OCCOC)c(OCCOC)c3)cc3ccccc23)CC1. The Kier molecular flexibility index (Phi) is 8.57. The third kappa shape index (κ3) is 5.78. The minimum absolute atomic E-state index is 0.443. The molecule has 0 spiro atoms. The number of aromatic nitrogens is 1. The Morgan fingerprint density at radius 2 is 1.50 bits per heavy atom. The van der Waals surface area contributed by atoms with Gasteiger partial charge in [-0.3, -0.25) is 0 Å². The second-order valence-corrected chi connectivity index (χ2v) is 8.32. The van der Waals surface area contributed by atoms with Gasteiger partial charge in [0.15, 0.2) is 11.5 Å². The van der Waals surface area contributed by atoms with Gasteiger partial charge in [-0.25, -0.2) is 4.98 Å². The van der Waals surface area contributed by atoms with Crippen LogP contribution in [0, 0.1) is 0 Å². The molecule has 0 atom stereocenters. The molecule has 0 N–H and O–H groups in total. The Bertz CT molecular complexity index is 1070. The van der Waals surface area contributed by atoms with E-state index in [1.165, 1.54) is 10.8 Å². The van der Waals surface area contributed by atoms with Crippen LogP contribution in [0.3, 0.4) is 0 Å². The topological polar surface area (TPSA) is 56.3 Å². The second kappa shape index (κ2) is 12.0. The molecule has 3 aromatic rings. The van der Waals surface area contributed by atoms with E-state index >= 15 is 0 Å². The van der Waals surface area contributed by atoms with Gasteiger partial charge in [-0.15, -0.1) is 0 Å². The maximum atomic E-state index is 5.99. The van der Waals surface area contributed by atoms with Crippen LogP contribution in [-0.4, -0.2) is 83.3 Å². The van der Waals surface area contributed by atoms with E-state index in [1.54, 1.807) is 14.2 Å². The number of piperazine rings is 1. The standard InChI is InChI=1S/C27H35N3O4/c1-4-29-11-13-30(14-12-29)27-23-8-6-5-7-21(23)19-24(28-27)22-9-10-25(33-17-15-31-2)26(20-22)34-18-16-32-3/h5-10,19-20H,4,11-18H2,1-3H3. The van der Waals surface area contributed by atoms with Crippen LogP contribution in [0.2, 0.25) is 0 Å². The molecule has 0 amide bonds. The average molecular weight is 466 g/mol. The van der Waals surface area contributed by atoms with Gasteiger partial charge in [-0.05, 0) is 36.2 Å². The summed E-state index contributed by atoms with van der Waals surface area (Å²) in [5.41, 5.74) is 1.91. The number of nitrogens with zero attached hydrogens (tertiary/aromatic N) is 3. The highest BCUT2D eigenvalue weighted by Gasteiger charge is 2.20. The molecule has 0 saturated carbocycles. The predicted molar refractivity (Wildman–Crippen MR) is 136 cm³/mol. The Hall–Kier alpha value is -2.87. The number of anilines is 1. The zero-order valence-electron chi connectivity index (χ0n) is 20.5. The molecule has 1 saturated heterocycles. The number of hydrogen-bond acceptors (Lipinski definition) is 7. The fourth-order valence-corrected chi connectivity index (χ4v) is 4.21. The van der Waals surface area contributed by atoms with Crippen molar-refractivity contribution in [1.82, 2.24) is 9.88 Å². The van der Waals surface area contributed by atoms with Crippen LogP contribution < -0.4 is 14.4 Å². The van der Waals surface area contributed by atoms with Gasteiger partial charge < -0.3 is 28.7 Å². The predicted octanol–water partition coefficient (Wildman–Crippen LogP) is 4.09. The van der Waals surface area contributed by atoms with E-state index < -0.39 is 0 Å². The van der Waals surface area contributed by atoms with Crippen LogP contribution in [0.4, 0.5) is 5.82 Å². The molecule has 2 heterocycles. The van der Waals surface area contributed by atoms with Gasteiger partial charge in [-0.2, -0.15) is 0 Å². The molecule has 0 bridgehead atoms. The molecule has 182 valence electrons. The molecule has 7 heteroatoms. The summed E-state index contributed by atoms with van der Waals surface area (Å²) in [6.07, 6.45) is 0. The number of rotatable bonds is 11. The minimum Gasteiger partial charge on any atom is -0.487 e. The minimum atomic E-state index is 0.443. The Balaban J connectivity index is 1.68. The smallest absolute Gasteiger partial charge is 0.161 e. The van der Waals surface area contributed by atoms with Crippen LogP contribution >= 0.6 is 0 Å². The van der Waals surface area contributed by atoms with Crippen molar-refractivity contribution in [3.63, 3.8) is 0 Å². The fourth-order valence-electron chi connectivity index (χ4n) is 4.21. The number of fused-ring (bicyclic) bond motifs is 1. The van der Waals surface area contributed by atoms with Gasteiger partial charge in [0.05, 0.1) is 18.9 Å². The maximum Gasteiger partial charge on any atom is 0.161 e. The van der Waals surface area contributed by atoms with Crippen molar-refractivity contribution in [1.29, 1.82) is 0 Å². The lowest BCUT2D eigenvalue weighted by atomic mass is 10.1. The molecule has 2 aromatic carbocycles. The van der Waals surface area contributed by atoms with Gasteiger partial charge in [0.2, 0.25) is 0 Å². The average Bonchev–Trinajstić information content (AvgIpc) is 2.89. The lowest BCUT2D eigenvalue weighted by Crippen LogP contribution is -2.46. The monoisotopic (exact) mass is 465 g/mol. The highest BCUT2D eigenvalue weighted by molar-refractivity contribution is 5.95. The number of methoxy groups -OCH3 is 2. The van der Waals surface area contributed by atoms with E-state index in [2.05, 4.69) is 47.1 Å². The molecule has 1 aliphatic rings. The summed E-state index contributed by atoms with van der Waals surface area (Å²) in [6.45, 7) is 9.30. The number of hydrogen-bond donors (Lipinski definition) is 0. The Morgan fingerprint density at radius 3 is 2.21 bits per heavy atom. The van der Waals surface area contributed by atoms with Gasteiger partial charge in [0.1, 0.15) is 19.0 Å². The van der Waals surface area contributed by atoms with Crippen molar-refractivity contribution in [2.75, 3.05) is 78.3 Å². The van der Waals surface area contributed by atoms with Crippen molar-refractivity contribution < 1.29 is 18.9 Å². The highest BCUT2D eigenvalue weighted by Crippen LogP contribution is 2.35. The highest BCUT2D eigenvalue weighted by atomic mass is 16.5. The van der Waals surface area contributed by atoms with Crippen LogP contribution in [0.1, 0.15) is 6.92 Å². The number of benzene rings is 2. The molecule has 1 fully saturated rings. The van der Waals surface area contributed by atoms with Gasteiger partial charge in [-0.1, -0.05) is 31.2 Å². The summed E-state index contributed by atoms with van der Waals surface area (Å²) in [5.74, 6) is 2.42. The van der Waals surface area contributed by atoms with E-state index in [4.69, 9.17) is 23.9 Å². The van der Waals surface area contributed by atoms with E-state index in [0.29, 0.717) is 37.9 Å². The number of ether oxygens (including phenoxy) is 4. The number of likely N-dealkylation sites (N-methyl/N-ethyl adjacent to an activating group) is 1. The zero-order valence-corrected chi connectivity index (χ0v) is 20.5. The van der Waals surface area contributed by atoms with Gasteiger partial charge >= 0.3 is 0 Å². The Labute approximate surface area is 202 Å². The molecule has 7 nitrogen and oxygen atoms in total. The summed E-state index contributed by atoms with van der Waals surface area (Å²) in [6, 6.07) is 16.6. The van der Waals surface area contributed by atoms with Crippen LogP contribution in [0.15, 0.2) is 48.5 Å². The molecule has 1 aromatic heterocycles. The molecule has 0 unspecified atom stereocenters. The fraction of sp³-hybridized carbons (Fsp3) is 0.444. The van der Waals surface area contributed by atoms with Crippen molar-refractivity contribution in [3.05, 3.63) is 48.5 Å². The van der Waals surface area contributed by atoms with Crippen molar-refractivity contribution in [2.45, 2.75) is 6.92 Å². The summed E-state index contributed by atoms with van der Waals surface area (Å²) < 4.78 is 22.2. The zero-order chi connectivity index (χ0) is 23.8. The summed E-state index contributed by atoms with van der Waals surface area (Å²) in [4.78, 5) is 10.0. The molecule has 34 heavy (non-hydrogen) atoms. The first-order valence-corrected chi connectivity index (χ1v) is 12.0. The van der Waals surface area contributed by atoms with E-state index in [1.807, 2.05) is 18.2 Å². The second-order valence-electron chi connectivity index (χ2n) is 8.32. The molecule has 0 radical (unpaired) electrons. The quantitative estimate of drug-likeness (QED) is 0.395. The summed E-state index contributed by atoms with van der Waals surface area (Å²) in [7, 11) is 3.32. The lowest BCUT2D eigenvalue weighted by molar-refractivity contribution is 0.132. The largest absolute Gasteiger partial charge is 0.487 e. The molecule has 0 aliphatic carbocycles. The first-order valence-electron chi connectivity index (χ1n) is 12.0. The third-order valence-corrected chi connectivity index (χ3v) is 6.17. The van der Waals surface area contributed by atoms with Crippen LogP contribution in [0.5, 0.6) is 11.5 Å². The normalized spacial score (nSPS) is 14.5. The number of pyridine rings is 1. The molecule has 1 aliphatic heterocycles. The van der Waals surface area contributed by atoms with Gasteiger partial charge in [0, 0.05) is 51.3 Å². The maximum absolute atomic E-state index is 5.99. The van der Waals surface area contributed by atoms with Gasteiger partial charge in [0.25, 0.3) is 0 Å². The lowest BCUT2D eigenvalue weighted by Gasteiger charge is -2.35. The van der Waals surface area contributed by atoms with Crippen LogP contribution in [0.25, 0.3) is 22.0 Å². The van der Waals surface area contributed by atoms with Crippen molar-refractivity contribution in [3.8, 4) is 22.8 Å². The first kappa shape index (κ1) is 24.3. The van der Waals surface area contributed by atoms with Crippen LogP contribution in [-0.2, 0) is 9.47 Å². The first-order chi connectivity index (χ1) is 16.7. The van der Waals surface area contributed by atoms with E-state index in [-0.39, 0.29) is 0 Å². The summed E-state index contributed by atoms with van der Waals surface area (Å²) in [5, 5.41) is 2.37. The van der Waals surface area contributed by atoms with E-state index in [9.17, 15) is 0 Å².